The number of ether oxygens (including phenoxy) is 3. The molecule has 1 aromatic rings. The van der Waals surface area contributed by atoms with Crippen LogP contribution in [0, 0.1) is 0 Å². The first-order chi connectivity index (χ1) is 6.36. The number of rotatable bonds is 5. The monoisotopic (exact) mass is 182 g/mol. The zero-order valence-corrected chi connectivity index (χ0v) is 7.95. The molecule has 0 heterocycles. The van der Waals surface area contributed by atoms with Gasteiger partial charge in [0.25, 0.3) is 0 Å². The Bertz CT molecular complexity index is 230. The lowest BCUT2D eigenvalue weighted by Gasteiger charge is -2.05. The first-order valence-electron chi connectivity index (χ1n) is 4.06. The molecule has 0 saturated heterocycles. The summed E-state index contributed by atoms with van der Waals surface area (Å²) in [5, 5.41) is 0. The quantitative estimate of drug-likeness (QED) is 0.650. The van der Waals surface area contributed by atoms with Crippen LogP contribution >= 0.6 is 0 Å². The van der Waals surface area contributed by atoms with Crippen molar-refractivity contribution >= 4 is 0 Å². The lowest BCUT2D eigenvalue weighted by molar-refractivity contribution is 0.0511. The lowest BCUT2D eigenvalue weighted by atomic mass is 10.2. The highest BCUT2D eigenvalue weighted by Crippen LogP contribution is 2.12. The van der Waals surface area contributed by atoms with Crippen LogP contribution in [0.1, 0.15) is 5.56 Å². The first kappa shape index (κ1) is 10.0. The van der Waals surface area contributed by atoms with Gasteiger partial charge in [-0.3, -0.25) is 0 Å². The Hall–Kier alpha value is -1.06. The molecule has 13 heavy (non-hydrogen) atoms. The standard InChI is InChI=1S/C10H14O3/c1-11-7-9-3-5-10(6-4-9)13-8-12-2/h3-6H,7-8H2,1-2H3. The fraction of sp³-hybridized carbons (Fsp3) is 0.400. The molecule has 0 spiro atoms. The minimum atomic E-state index is 0.281. The summed E-state index contributed by atoms with van der Waals surface area (Å²) in [4.78, 5) is 0. The highest BCUT2D eigenvalue weighted by atomic mass is 16.7. The van der Waals surface area contributed by atoms with Crippen molar-refractivity contribution in [1.82, 2.24) is 0 Å². The van der Waals surface area contributed by atoms with Gasteiger partial charge in [-0.15, -0.1) is 0 Å². The molecule has 1 aromatic carbocycles. The van der Waals surface area contributed by atoms with Gasteiger partial charge < -0.3 is 14.2 Å². The van der Waals surface area contributed by atoms with Crippen molar-refractivity contribution in [2.45, 2.75) is 6.61 Å². The van der Waals surface area contributed by atoms with E-state index < -0.39 is 0 Å². The van der Waals surface area contributed by atoms with E-state index in [1.165, 1.54) is 0 Å². The summed E-state index contributed by atoms with van der Waals surface area (Å²) in [6, 6.07) is 7.73. The number of benzene rings is 1. The zero-order chi connectivity index (χ0) is 9.52. The predicted octanol–water partition coefficient (Wildman–Crippen LogP) is 1.82. The van der Waals surface area contributed by atoms with E-state index in [9.17, 15) is 0 Å². The Balaban J connectivity index is 2.48. The normalized spacial score (nSPS) is 10.0. The average Bonchev–Trinajstić information content (AvgIpc) is 2.17. The maximum absolute atomic E-state index is 5.23. The van der Waals surface area contributed by atoms with Crippen LogP contribution in [0.2, 0.25) is 0 Å². The number of hydrogen-bond acceptors (Lipinski definition) is 3. The third-order valence-electron chi connectivity index (χ3n) is 1.58. The Kier molecular flexibility index (Phi) is 4.29. The molecule has 72 valence electrons. The summed E-state index contributed by atoms with van der Waals surface area (Å²) in [7, 11) is 3.27. The second kappa shape index (κ2) is 5.56. The van der Waals surface area contributed by atoms with Crippen LogP contribution in [0.5, 0.6) is 5.75 Å². The third-order valence-corrected chi connectivity index (χ3v) is 1.58. The number of methoxy groups -OCH3 is 2. The summed E-state index contributed by atoms with van der Waals surface area (Å²) in [6.07, 6.45) is 0. The van der Waals surface area contributed by atoms with Crippen LogP contribution in [0.3, 0.4) is 0 Å². The van der Waals surface area contributed by atoms with Gasteiger partial charge in [0.05, 0.1) is 6.61 Å². The second-order valence-electron chi connectivity index (χ2n) is 2.63. The smallest absolute Gasteiger partial charge is 0.188 e. The van der Waals surface area contributed by atoms with E-state index in [0.717, 1.165) is 11.3 Å². The molecule has 0 unspecified atom stereocenters. The molecule has 0 saturated carbocycles. The van der Waals surface area contributed by atoms with E-state index in [1.807, 2.05) is 24.3 Å². The number of hydrogen-bond donors (Lipinski definition) is 0. The molecule has 0 aliphatic carbocycles. The van der Waals surface area contributed by atoms with Crippen LogP contribution in [0.25, 0.3) is 0 Å². The molecular weight excluding hydrogens is 168 g/mol. The van der Waals surface area contributed by atoms with Crippen molar-refractivity contribution in [3.8, 4) is 5.75 Å². The van der Waals surface area contributed by atoms with Gasteiger partial charge in [0.15, 0.2) is 6.79 Å². The molecule has 0 atom stereocenters. The Morgan fingerprint density at radius 3 is 2.23 bits per heavy atom. The predicted molar refractivity (Wildman–Crippen MR) is 49.7 cm³/mol. The summed E-state index contributed by atoms with van der Waals surface area (Å²) >= 11 is 0. The molecule has 0 N–H and O–H groups in total. The Labute approximate surface area is 78.2 Å². The van der Waals surface area contributed by atoms with E-state index in [2.05, 4.69) is 0 Å². The van der Waals surface area contributed by atoms with Crippen LogP contribution in [0.4, 0.5) is 0 Å². The van der Waals surface area contributed by atoms with Crippen molar-refractivity contribution in [3.05, 3.63) is 29.8 Å². The van der Waals surface area contributed by atoms with Crippen molar-refractivity contribution in [2.24, 2.45) is 0 Å². The molecule has 0 radical (unpaired) electrons. The van der Waals surface area contributed by atoms with Crippen LogP contribution < -0.4 is 4.74 Å². The lowest BCUT2D eigenvalue weighted by Crippen LogP contribution is -1.98. The molecule has 0 aliphatic rings. The van der Waals surface area contributed by atoms with Crippen molar-refractivity contribution in [2.75, 3.05) is 21.0 Å². The van der Waals surface area contributed by atoms with E-state index in [1.54, 1.807) is 14.2 Å². The summed E-state index contributed by atoms with van der Waals surface area (Å²) in [5.41, 5.74) is 1.13. The van der Waals surface area contributed by atoms with Gasteiger partial charge in [-0.25, -0.2) is 0 Å². The minimum Gasteiger partial charge on any atom is -0.468 e. The molecule has 3 heteroatoms. The van der Waals surface area contributed by atoms with Gasteiger partial charge in [0.2, 0.25) is 0 Å². The van der Waals surface area contributed by atoms with E-state index in [4.69, 9.17) is 14.2 Å². The molecule has 0 aromatic heterocycles. The van der Waals surface area contributed by atoms with Crippen molar-refractivity contribution < 1.29 is 14.2 Å². The van der Waals surface area contributed by atoms with Gasteiger partial charge >= 0.3 is 0 Å². The third kappa shape index (κ3) is 3.44. The maximum atomic E-state index is 5.23. The highest BCUT2D eigenvalue weighted by molar-refractivity contribution is 5.26. The molecule has 0 amide bonds. The summed E-state index contributed by atoms with van der Waals surface area (Å²) < 4.78 is 15.0. The molecule has 0 aliphatic heterocycles. The van der Waals surface area contributed by atoms with Crippen molar-refractivity contribution in [3.63, 3.8) is 0 Å². The van der Waals surface area contributed by atoms with Crippen molar-refractivity contribution in [1.29, 1.82) is 0 Å². The molecule has 0 fully saturated rings. The van der Waals surface area contributed by atoms with Gasteiger partial charge in [-0.1, -0.05) is 12.1 Å². The van der Waals surface area contributed by atoms with Gasteiger partial charge in [-0.2, -0.15) is 0 Å². The fourth-order valence-corrected chi connectivity index (χ4v) is 0.976. The van der Waals surface area contributed by atoms with Crippen LogP contribution in [0.15, 0.2) is 24.3 Å². The van der Waals surface area contributed by atoms with Crippen LogP contribution in [-0.2, 0) is 16.1 Å². The second-order valence-corrected chi connectivity index (χ2v) is 2.63. The Morgan fingerprint density at radius 1 is 1.00 bits per heavy atom. The van der Waals surface area contributed by atoms with Gasteiger partial charge in [-0.05, 0) is 17.7 Å². The molecule has 1 rings (SSSR count). The summed E-state index contributed by atoms with van der Waals surface area (Å²) in [6.45, 7) is 0.911. The fourth-order valence-electron chi connectivity index (χ4n) is 0.976. The molecular formula is C10H14O3. The van der Waals surface area contributed by atoms with E-state index in [0.29, 0.717) is 6.61 Å². The van der Waals surface area contributed by atoms with E-state index >= 15 is 0 Å². The Morgan fingerprint density at radius 2 is 1.69 bits per heavy atom. The summed E-state index contributed by atoms with van der Waals surface area (Å²) in [5.74, 6) is 0.807. The van der Waals surface area contributed by atoms with Gasteiger partial charge in [0.1, 0.15) is 5.75 Å². The van der Waals surface area contributed by atoms with Gasteiger partial charge in [0, 0.05) is 14.2 Å². The average molecular weight is 182 g/mol. The largest absolute Gasteiger partial charge is 0.468 e. The topological polar surface area (TPSA) is 27.7 Å². The minimum absolute atomic E-state index is 0.281. The first-order valence-corrected chi connectivity index (χ1v) is 4.06. The SMILES string of the molecule is COCOc1ccc(COC)cc1. The van der Waals surface area contributed by atoms with E-state index in [-0.39, 0.29) is 6.79 Å². The highest BCUT2D eigenvalue weighted by Gasteiger charge is 1.93. The molecule has 3 nitrogen and oxygen atoms in total. The maximum Gasteiger partial charge on any atom is 0.188 e. The zero-order valence-electron chi connectivity index (χ0n) is 7.95. The molecule has 0 bridgehead atoms. The van der Waals surface area contributed by atoms with Crippen LogP contribution in [-0.4, -0.2) is 21.0 Å².